The summed E-state index contributed by atoms with van der Waals surface area (Å²) in [4.78, 5) is 0.116. The van der Waals surface area contributed by atoms with E-state index in [2.05, 4.69) is 13.5 Å². The Morgan fingerprint density at radius 1 is 1.09 bits per heavy atom. The Bertz CT molecular complexity index is 971. The lowest BCUT2D eigenvalue weighted by molar-refractivity contribution is 0.601. The molecular formula is C13H9Cl2N3O2S2. The summed E-state index contributed by atoms with van der Waals surface area (Å²) >= 11 is 12.7. The number of benzene rings is 2. The van der Waals surface area contributed by atoms with E-state index in [0.717, 1.165) is 11.7 Å². The number of nitrogens with zero attached hydrogens (tertiary/aromatic N) is 2. The normalized spacial score (nSPS) is 11.8. The second-order valence-corrected chi connectivity index (χ2v) is 7.54. The average molecular weight is 374 g/mol. The van der Waals surface area contributed by atoms with E-state index in [9.17, 15) is 8.42 Å². The Labute approximate surface area is 141 Å². The van der Waals surface area contributed by atoms with Gasteiger partial charge in [-0.15, -0.1) is 0 Å². The van der Waals surface area contributed by atoms with E-state index in [0.29, 0.717) is 27.3 Å². The molecule has 9 heteroatoms. The minimum absolute atomic E-state index is 0.116. The fourth-order valence-electron chi connectivity index (χ4n) is 2.03. The summed E-state index contributed by atoms with van der Waals surface area (Å²) in [5, 5.41) is 0.624. The molecule has 1 aromatic heterocycles. The molecule has 0 atom stereocenters. The van der Waals surface area contributed by atoms with Crippen LogP contribution < -0.4 is 4.72 Å². The van der Waals surface area contributed by atoms with E-state index < -0.39 is 10.0 Å². The zero-order chi connectivity index (χ0) is 15.9. The van der Waals surface area contributed by atoms with Gasteiger partial charge in [0, 0.05) is 0 Å². The van der Waals surface area contributed by atoms with Crippen molar-refractivity contribution in [1.29, 1.82) is 0 Å². The molecule has 5 nitrogen and oxygen atoms in total. The van der Waals surface area contributed by atoms with Gasteiger partial charge in [0.25, 0.3) is 10.0 Å². The molecule has 2 aromatic carbocycles. The van der Waals surface area contributed by atoms with Crippen LogP contribution in [-0.4, -0.2) is 17.2 Å². The number of anilines is 1. The number of sulfonamides is 1. The lowest BCUT2D eigenvalue weighted by Crippen LogP contribution is -2.15. The quantitative estimate of drug-likeness (QED) is 0.749. The standard InChI is InChI=1S/C13H9Cl2N3O2S2/c1-7-2-5-11-12(17-21-16-11)13(7)22(19,20)18-8-3-4-9(14)10(15)6-8/h2-6,18H,1H3. The molecule has 0 saturated heterocycles. The number of fused-ring (bicyclic) bond motifs is 1. The van der Waals surface area contributed by atoms with Crippen LogP contribution in [0.5, 0.6) is 0 Å². The molecule has 0 fully saturated rings. The van der Waals surface area contributed by atoms with Crippen LogP contribution in [-0.2, 0) is 10.0 Å². The lowest BCUT2D eigenvalue weighted by Gasteiger charge is -2.11. The van der Waals surface area contributed by atoms with Gasteiger partial charge < -0.3 is 0 Å². The molecule has 0 aliphatic carbocycles. The third kappa shape index (κ3) is 2.77. The first-order valence-corrected chi connectivity index (χ1v) is 9.05. The first kappa shape index (κ1) is 15.5. The zero-order valence-electron chi connectivity index (χ0n) is 11.2. The Balaban J connectivity index is 2.10. The van der Waals surface area contributed by atoms with Crippen molar-refractivity contribution in [2.45, 2.75) is 11.8 Å². The van der Waals surface area contributed by atoms with Crippen molar-refractivity contribution in [2.75, 3.05) is 4.72 Å². The summed E-state index contributed by atoms with van der Waals surface area (Å²) in [6, 6.07) is 7.97. The van der Waals surface area contributed by atoms with E-state index in [1.807, 2.05) is 0 Å². The van der Waals surface area contributed by atoms with Crippen LogP contribution in [0.4, 0.5) is 5.69 Å². The van der Waals surface area contributed by atoms with Gasteiger partial charge in [0.05, 0.1) is 27.5 Å². The van der Waals surface area contributed by atoms with E-state index in [1.165, 1.54) is 12.1 Å². The van der Waals surface area contributed by atoms with Crippen LogP contribution >= 0.6 is 34.9 Å². The first-order valence-electron chi connectivity index (χ1n) is 6.08. The summed E-state index contributed by atoms with van der Waals surface area (Å²) < 4.78 is 36.0. The second-order valence-electron chi connectivity index (χ2n) is 4.58. The summed E-state index contributed by atoms with van der Waals surface area (Å²) in [6.07, 6.45) is 0. The molecule has 0 spiro atoms. The maximum Gasteiger partial charge on any atom is 0.264 e. The van der Waals surface area contributed by atoms with Gasteiger partial charge in [-0.2, -0.15) is 8.75 Å². The second kappa shape index (κ2) is 5.66. The van der Waals surface area contributed by atoms with Crippen LogP contribution in [0.3, 0.4) is 0 Å². The molecule has 22 heavy (non-hydrogen) atoms. The fourth-order valence-corrected chi connectivity index (χ4v) is 4.37. The number of nitrogens with one attached hydrogen (secondary N) is 1. The predicted molar refractivity (Wildman–Crippen MR) is 89.4 cm³/mol. The van der Waals surface area contributed by atoms with Crippen LogP contribution in [0.1, 0.15) is 5.56 Å². The van der Waals surface area contributed by atoms with Gasteiger partial charge in [-0.1, -0.05) is 29.3 Å². The molecule has 0 saturated carbocycles. The van der Waals surface area contributed by atoms with Gasteiger partial charge in [0.15, 0.2) is 0 Å². The molecule has 0 amide bonds. The Kier molecular flexibility index (Phi) is 3.98. The van der Waals surface area contributed by atoms with Crippen LogP contribution in [0.25, 0.3) is 11.0 Å². The molecule has 3 rings (SSSR count). The fraction of sp³-hybridized carbons (Fsp3) is 0.0769. The Hall–Kier alpha value is -1.41. The SMILES string of the molecule is Cc1ccc2nsnc2c1S(=O)(=O)Nc1ccc(Cl)c(Cl)c1. The van der Waals surface area contributed by atoms with E-state index >= 15 is 0 Å². The monoisotopic (exact) mass is 373 g/mol. The number of rotatable bonds is 3. The molecule has 1 N–H and O–H groups in total. The van der Waals surface area contributed by atoms with Gasteiger partial charge in [0.2, 0.25) is 0 Å². The van der Waals surface area contributed by atoms with Gasteiger partial charge in [-0.05, 0) is 36.8 Å². The number of halogens is 2. The van der Waals surface area contributed by atoms with Gasteiger partial charge in [-0.25, -0.2) is 8.42 Å². The Morgan fingerprint density at radius 2 is 1.86 bits per heavy atom. The number of hydrogen-bond donors (Lipinski definition) is 1. The van der Waals surface area contributed by atoms with Crippen molar-refractivity contribution in [3.05, 3.63) is 45.9 Å². The highest BCUT2D eigenvalue weighted by Crippen LogP contribution is 2.29. The van der Waals surface area contributed by atoms with Crippen molar-refractivity contribution in [3.8, 4) is 0 Å². The first-order chi connectivity index (χ1) is 10.4. The third-order valence-electron chi connectivity index (χ3n) is 3.02. The van der Waals surface area contributed by atoms with Crippen molar-refractivity contribution in [1.82, 2.24) is 8.75 Å². The molecule has 114 valence electrons. The van der Waals surface area contributed by atoms with Crippen LogP contribution in [0, 0.1) is 6.92 Å². The smallest absolute Gasteiger partial charge is 0.264 e. The zero-order valence-corrected chi connectivity index (χ0v) is 14.3. The Morgan fingerprint density at radius 3 is 2.59 bits per heavy atom. The van der Waals surface area contributed by atoms with E-state index in [4.69, 9.17) is 23.2 Å². The van der Waals surface area contributed by atoms with Crippen molar-refractivity contribution in [2.24, 2.45) is 0 Å². The summed E-state index contributed by atoms with van der Waals surface area (Å²) in [5.41, 5.74) is 1.82. The topological polar surface area (TPSA) is 72.0 Å². The highest BCUT2D eigenvalue weighted by Gasteiger charge is 2.22. The number of hydrogen-bond acceptors (Lipinski definition) is 5. The van der Waals surface area contributed by atoms with Gasteiger partial charge >= 0.3 is 0 Å². The minimum atomic E-state index is -3.82. The largest absolute Gasteiger partial charge is 0.280 e. The molecule has 0 aliphatic rings. The number of aromatic nitrogens is 2. The molecular weight excluding hydrogens is 365 g/mol. The molecule has 0 unspecified atom stereocenters. The maximum atomic E-state index is 12.7. The highest BCUT2D eigenvalue weighted by atomic mass is 35.5. The van der Waals surface area contributed by atoms with Crippen molar-refractivity contribution < 1.29 is 8.42 Å². The van der Waals surface area contributed by atoms with E-state index in [-0.39, 0.29) is 9.92 Å². The summed E-state index contributed by atoms with van der Waals surface area (Å²) in [5.74, 6) is 0. The van der Waals surface area contributed by atoms with Gasteiger partial charge in [-0.3, -0.25) is 4.72 Å². The lowest BCUT2D eigenvalue weighted by atomic mass is 10.2. The summed E-state index contributed by atoms with van der Waals surface area (Å²) in [6.45, 7) is 1.71. The van der Waals surface area contributed by atoms with Gasteiger partial charge in [0.1, 0.15) is 15.9 Å². The van der Waals surface area contributed by atoms with Crippen LogP contribution in [0.15, 0.2) is 35.2 Å². The van der Waals surface area contributed by atoms with Crippen molar-refractivity contribution >= 4 is 61.7 Å². The highest BCUT2D eigenvalue weighted by molar-refractivity contribution is 7.93. The molecule has 3 aromatic rings. The minimum Gasteiger partial charge on any atom is -0.280 e. The summed E-state index contributed by atoms with van der Waals surface area (Å²) in [7, 11) is -3.82. The third-order valence-corrected chi connectivity index (χ3v) is 5.86. The van der Waals surface area contributed by atoms with Crippen LogP contribution in [0.2, 0.25) is 10.0 Å². The predicted octanol–water partition coefficient (Wildman–Crippen LogP) is 4.11. The maximum absolute atomic E-state index is 12.7. The molecule has 1 heterocycles. The molecule has 0 radical (unpaired) electrons. The molecule has 0 bridgehead atoms. The van der Waals surface area contributed by atoms with E-state index in [1.54, 1.807) is 25.1 Å². The van der Waals surface area contributed by atoms with Crippen molar-refractivity contribution in [3.63, 3.8) is 0 Å². The number of aryl methyl sites for hydroxylation is 1. The average Bonchev–Trinajstić information content (AvgIpc) is 2.90. The molecule has 0 aliphatic heterocycles.